The zero-order valence-corrected chi connectivity index (χ0v) is 17.2. The number of benzene rings is 1. The van der Waals surface area contributed by atoms with Crippen LogP contribution in [-0.4, -0.2) is 49.9 Å². The Morgan fingerprint density at radius 1 is 1.19 bits per heavy atom. The zero-order valence-electron chi connectivity index (χ0n) is 17.2. The minimum absolute atomic E-state index is 0.00774. The molecule has 10 nitrogen and oxygen atoms in total. The van der Waals surface area contributed by atoms with Crippen molar-refractivity contribution in [3.8, 4) is 17.0 Å². The Kier molecular flexibility index (Phi) is 5.28. The first-order valence-electron chi connectivity index (χ1n) is 9.78. The Morgan fingerprint density at radius 3 is 2.65 bits per heavy atom. The average Bonchev–Trinajstić information content (AvgIpc) is 2.90. The monoisotopic (exact) mass is 422 g/mol. The van der Waals surface area contributed by atoms with Gasteiger partial charge in [0.1, 0.15) is 24.3 Å². The zero-order chi connectivity index (χ0) is 22.1. The third-order valence-electron chi connectivity index (χ3n) is 5.24. The first-order valence-corrected chi connectivity index (χ1v) is 9.78. The van der Waals surface area contributed by atoms with Gasteiger partial charge in [0.05, 0.1) is 25.2 Å². The number of rotatable bonds is 5. The summed E-state index contributed by atoms with van der Waals surface area (Å²) >= 11 is 0. The lowest BCUT2D eigenvalue weighted by atomic mass is 10.0. The molecule has 160 valence electrons. The SMILES string of the molecule is Cc1nn(CCC(=O)O)c(C)c1-c1ccc(N2CCOc3ncnc(N)c3C2=O)cc1. The number of nitrogens with two attached hydrogens (primary N) is 1. The molecule has 0 atom stereocenters. The van der Waals surface area contributed by atoms with E-state index in [2.05, 4.69) is 15.1 Å². The maximum Gasteiger partial charge on any atom is 0.305 e. The predicted molar refractivity (Wildman–Crippen MR) is 113 cm³/mol. The molecule has 1 aliphatic heterocycles. The lowest BCUT2D eigenvalue weighted by molar-refractivity contribution is -0.137. The van der Waals surface area contributed by atoms with Gasteiger partial charge in [-0.05, 0) is 31.5 Å². The molecule has 0 fully saturated rings. The fraction of sp³-hybridized carbons (Fsp3) is 0.286. The summed E-state index contributed by atoms with van der Waals surface area (Å²) in [5, 5.41) is 13.4. The van der Waals surface area contributed by atoms with E-state index in [1.165, 1.54) is 6.33 Å². The van der Waals surface area contributed by atoms with Crippen molar-refractivity contribution in [1.29, 1.82) is 0 Å². The summed E-state index contributed by atoms with van der Waals surface area (Å²) in [6, 6.07) is 7.54. The Hall–Kier alpha value is -3.95. The van der Waals surface area contributed by atoms with Gasteiger partial charge < -0.3 is 20.5 Å². The van der Waals surface area contributed by atoms with Crippen molar-refractivity contribution in [3.63, 3.8) is 0 Å². The van der Waals surface area contributed by atoms with Gasteiger partial charge in [-0.1, -0.05) is 12.1 Å². The molecule has 31 heavy (non-hydrogen) atoms. The Bertz CT molecular complexity index is 1160. The Labute approximate surface area is 178 Å². The molecule has 0 spiro atoms. The molecule has 0 aliphatic carbocycles. The van der Waals surface area contributed by atoms with E-state index in [0.717, 1.165) is 22.5 Å². The molecule has 10 heteroatoms. The van der Waals surface area contributed by atoms with E-state index in [-0.39, 0.29) is 36.2 Å². The number of amides is 1. The summed E-state index contributed by atoms with van der Waals surface area (Å²) in [5.74, 6) is -0.903. The van der Waals surface area contributed by atoms with E-state index in [1.54, 1.807) is 9.58 Å². The van der Waals surface area contributed by atoms with Gasteiger partial charge in [0.2, 0.25) is 5.88 Å². The van der Waals surface area contributed by atoms with Crippen LogP contribution in [0.4, 0.5) is 11.5 Å². The summed E-state index contributed by atoms with van der Waals surface area (Å²) in [6.45, 7) is 4.75. The summed E-state index contributed by atoms with van der Waals surface area (Å²) in [7, 11) is 0. The predicted octanol–water partition coefficient (Wildman–Crippen LogP) is 2.05. The number of hydrogen-bond donors (Lipinski definition) is 2. The van der Waals surface area contributed by atoms with Crippen molar-refractivity contribution in [1.82, 2.24) is 19.7 Å². The van der Waals surface area contributed by atoms with Crippen LogP contribution >= 0.6 is 0 Å². The average molecular weight is 422 g/mol. The third-order valence-corrected chi connectivity index (χ3v) is 5.24. The minimum atomic E-state index is -0.864. The van der Waals surface area contributed by atoms with Crippen LogP contribution in [0.15, 0.2) is 30.6 Å². The molecule has 2 aromatic heterocycles. The van der Waals surface area contributed by atoms with Crippen molar-refractivity contribution in [3.05, 3.63) is 47.5 Å². The van der Waals surface area contributed by atoms with Crippen LogP contribution in [0.1, 0.15) is 28.2 Å². The van der Waals surface area contributed by atoms with Gasteiger partial charge in [-0.15, -0.1) is 0 Å². The molecule has 3 aromatic rings. The van der Waals surface area contributed by atoms with Gasteiger partial charge in [0.25, 0.3) is 5.91 Å². The number of anilines is 2. The number of carbonyl (C=O) groups is 2. The van der Waals surface area contributed by atoms with Gasteiger partial charge in [0, 0.05) is 16.9 Å². The minimum Gasteiger partial charge on any atom is -0.481 e. The quantitative estimate of drug-likeness (QED) is 0.637. The van der Waals surface area contributed by atoms with Crippen molar-refractivity contribution >= 4 is 23.4 Å². The number of carbonyl (C=O) groups excluding carboxylic acids is 1. The smallest absolute Gasteiger partial charge is 0.305 e. The lowest BCUT2D eigenvalue weighted by Gasteiger charge is -2.20. The molecule has 0 unspecified atom stereocenters. The number of nitrogens with zero attached hydrogens (tertiary/aromatic N) is 5. The van der Waals surface area contributed by atoms with Crippen LogP contribution in [0, 0.1) is 13.8 Å². The van der Waals surface area contributed by atoms with Crippen molar-refractivity contribution in [2.75, 3.05) is 23.8 Å². The molecule has 1 amide bonds. The van der Waals surface area contributed by atoms with Gasteiger partial charge in [0.15, 0.2) is 0 Å². The number of aromatic nitrogens is 4. The summed E-state index contributed by atoms with van der Waals surface area (Å²) in [4.78, 5) is 33.5. The maximum atomic E-state index is 13.1. The fourth-order valence-electron chi connectivity index (χ4n) is 3.75. The van der Waals surface area contributed by atoms with Crippen molar-refractivity contribution < 1.29 is 19.4 Å². The highest BCUT2D eigenvalue weighted by molar-refractivity contribution is 6.10. The molecule has 0 radical (unpaired) electrons. The molecule has 0 saturated carbocycles. The maximum absolute atomic E-state index is 13.1. The summed E-state index contributed by atoms with van der Waals surface area (Å²) < 4.78 is 7.28. The molecule has 0 bridgehead atoms. The second-order valence-corrected chi connectivity index (χ2v) is 7.20. The van der Waals surface area contributed by atoms with Gasteiger partial charge in [-0.2, -0.15) is 5.10 Å². The summed E-state index contributed by atoms with van der Waals surface area (Å²) in [6.07, 6.45) is 1.28. The van der Waals surface area contributed by atoms with Crippen LogP contribution in [0.3, 0.4) is 0 Å². The molecule has 3 N–H and O–H groups in total. The second-order valence-electron chi connectivity index (χ2n) is 7.20. The first kappa shape index (κ1) is 20.3. The third kappa shape index (κ3) is 3.79. The molecule has 3 heterocycles. The van der Waals surface area contributed by atoms with Gasteiger partial charge in [-0.25, -0.2) is 9.97 Å². The van der Waals surface area contributed by atoms with Crippen LogP contribution in [-0.2, 0) is 11.3 Å². The number of aryl methyl sites for hydroxylation is 2. The molecular weight excluding hydrogens is 400 g/mol. The number of fused-ring (bicyclic) bond motifs is 1. The molecular formula is C21H22N6O4. The first-order chi connectivity index (χ1) is 14.9. The van der Waals surface area contributed by atoms with E-state index < -0.39 is 5.97 Å². The van der Waals surface area contributed by atoms with E-state index >= 15 is 0 Å². The number of carboxylic acids is 1. The van der Waals surface area contributed by atoms with Gasteiger partial charge >= 0.3 is 5.97 Å². The highest BCUT2D eigenvalue weighted by Crippen LogP contribution is 2.31. The Morgan fingerprint density at radius 2 is 1.94 bits per heavy atom. The van der Waals surface area contributed by atoms with Crippen LogP contribution in [0.2, 0.25) is 0 Å². The van der Waals surface area contributed by atoms with Crippen molar-refractivity contribution in [2.45, 2.75) is 26.8 Å². The number of hydrogen-bond acceptors (Lipinski definition) is 7. The highest BCUT2D eigenvalue weighted by atomic mass is 16.5. The number of aliphatic carboxylic acids is 1. The van der Waals surface area contributed by atoms with Crippen molar-refractivity contribution in [2.24, 2.45) is 0 Å². The van der Waals surface area contributed by atoms with Crippen LogP contribution in [0.25, 0.3) is 11.1 Å². The van der Waals surface area contributed by atoms with E-state index in [9.17, 15) is 9.59 Å². The molecule has 0 saturated heterocycles. The number of nitrogen functional groups attached to an aromatic ring is 1. The normalized spacial score (nSPS) is 13.5. The van der Waals surface area contributed by atoms with E-state index in [1.807, 2.05) is 38.1 Å². The lowest BCUT2D eigenvalue weighted by Crippen LogP contribution is -2.32. The largest absolute Gasteiger partial charge is 0.481 e. The van der Waals surface area contributed by atoms with E-state index in [4.69, 9.17) is 15.6 Å². The number of carboxylic acid groups (broad SMARTS) is 1. The summed E-state index contributed by atoms with van der Waals surface area (Å²) in [5.41, 5.74) is 10.3. The second kappa shape index (κ2) is 8.05. The molecule has 4 rings (SSSR count). The van der Waals surface area contributed by atoms with Gasteiger partial charge in [-0.3, -0.25) is 14.3 Å². The highest BCUT2D eigenvalue weighted by Gasteiger charge is 2.28. The fourth-order valence-corrected chi connectivity index (χ4v) is 3.75. The molecule has 1 aromatic carbocycles. The topological polar surface area (TPSA) is 136 Å². The standard InChI is InChI=1S/C21H22N6O4/c1-12-17(13(2)27(25-12)8-7-16(28)29)14-3-5-15(6-4-14)26-9-10-31-20-18(21(26)30)19(22)23-11-24-20/h3-6,11H,7-10H2,1-2H3,(H,28,29)(H2,22,23,24). The van der Waals surface area contributed by atoms with E-state index in [0.29, 0.717) is 18.8 Å². The Balaban J connectivity index is 1.63. The van der Waals surface area contributed by atoms with Crippen LogP contribution < -0.4 is 15.4 Å². The number of ether oxygens (including phenoxy) is 1. The van der Waals surface area contributed by atoms with Crippen LogP contribution in [0.5, 0.6) is 5.88 Å². The molecule has 1 aliphatic rings.